The highest BCUT2D eigenvalue weighted by atomic mass is 16.2. The van der Waals surface area contributed by atoms with Crippen molar-refractivity contribution in [2.45, 2.75) is 72.3 Å². The minimum atomic E-state index is -0.614. The van der Waals surface area contributed by atoms with Crippen LogP contribution in [0.2, 0.25) is 0 Å². The van der Waals surface area contributed by atoms with Crippen LogP contribution in [-0.4, -0.2) is 22.0 Å². The van der Waals surface area contributed by atoms with Crippen molar-refractivity contribution in [1.82, 2.24) is 9.55 Å². The van der Waals surface area contributed by atoms with E-state index in [0.29, 0.717) is 13.1 Å². The van der Waals surface area contributed by atoms with Crippen LogP contribution in [-0.2, 0) is 30.6 Å². The summed E-state index contributed by atoms with van der Waals surface area (Å²) in [6.45, 7) is 6.71. The van der Waals surface area contributed by atoms with Gasteiger partial charge in [0.1, 0.15) is 5.82 Å². The molecule has 2 aromatic rings. The van der Waals surface area contributed by atoms with Gasteiger partial charge in [0.25, 0.3) is 5.56 Å². The molecule has 1 aliphatic rings. The van der Waals surface area contributed by atoms with Crippen LogP contribution in [0.25, 0.3) is 0 Å². The zero-order valence-electron chi connectivity index (χ0n) is 18.9. The molecule has 0 fully saturated rings. The topological polar surface area (TPSA) is 101 Å². The first-order valence-corrected chi connectivity index (χ1v) is 11.4. The Hall–Kier alpha value is -2.83. The average molecular weight is 427 g/mol. The van der Waals surface area contributed by atoms with Crippen molar-refractivity contribution in [2.75, 3.05) is 17.2 Å². The Labute approximate surface area is 183 Å². The Morgan fingerprint density at radius 2 is 1.90 bits per heavy atom. The van der Waals surface area contributed by atoms with Gasteiger partial charge in [-0.15, -0.1) is 0 Å². The number of rotatable bonds is 8. The number of fused-ring (bicyclic) bond motifs is 1. The number of benzene rings is 1. The molecule has 0 radical (unpaired) electrons. The quantitative estimate of drug-likeness (QED) is 0.677. The molecule has 7 heteroatoms. The Bertz CT molecular complexity index is 1050. The van der Waals surface area contributed by atoms with Crippen molar-refractivity contribution < 1.29 is 4.79 Å². The monoisotopic (exact) mass is 426 g/mol. The standard InChI is InChI=1S/C24H34N4O3/c1-4-5-12-27(21-22(25)28(15-16(2)3)24(31)26-23(21)30)20(29)14-17-10-11-18-8-6-7-9-19(18)13-17/h10-11,13,16H,4-9,12,14-15,25H2,1-3H3,(H,26,30,31). The molecule has 0 unspecified atom stereocenters. The molecule has 31 heavy (non-hydrogen) atoms. The number of hydrogen-bond acceptors (Lipinski definition) is 4. The Kier molecular flexibility index (Phi) is 7.36. The van der Waals surface area contributed by atoms with Gasteiger partial charge in [-0.1, -0.05) is 45.4 Å². The van der Waals surface area contributed by atoms with Gasteiger partial charge in [0.2, 0.25) is 5.91 Å². The predicted molar refractivity (Wildman–Crippen MR) is 125 cm³/mol. The third-order valence-electron chi connectivity index (χ3n) is 5.84. The maximum absolute atomic E-state index is 13.3. The summed E-state index contributed by atoms with van der Waals surface area (Å²) in [5.41, 5.74) is 8.83. The van der Waals surface area contributed by atoms with Crippen molar-refractivity contribution in [3.63, 3.8) is 0 Å². The van der Waals surface area contributed by atoms with E-state index in [1.165, 1.54) is 33.4 Å². The number of carbonyl (C=O) groups is 1. The number of hydrogen-bond donors (Lipinski definition) is 2. The van der Waals surface area contributed by atoms with E-state index in [4.69, 9.17) is 5.73 Å². The van der Waals surface area contributed by atoms with Gasteiger partial charge < -0.3 is 10.6 Å². The molecule has 1 aromatic heterocycles. The lowest BCUT2D eigenvalue weighted by atomic mass is 9.90. The fourth-order valence-electron chi connectivity index (χ4n) is 4.23. The van der Waals surface area contributed by atoms with Crippen LogP contribution < -0.4 is 21.9 Å². The first-order valence-electron chi connectivity index (χ1n) is 11.4. The molecular formula is C24H34N4O3. The fourth-order valence-corrected chi connectivity index (χ4v) is 4.23. The van der Waals surface area contributed by atoms with Gasteiger partial charge in [-0.2, -0.15) is 0 Å². The van der Waals surface area contributed by atoms with Crippen molar-refractivity contribution in [1.29, 1.82) is 0 Å². The number of nitrogens with zero attached hydrogens (tertiary/aromatic N) is 2. The summed E-state index contributed by atoms with van der Waals surface area (Å²) in [4.78, 5) is 42.2. The number of unbranched alkanes of at least 4 members (excludes halogenated alkanes) is 1. The number of nitrogens with two attached hydrogens (primary N) is 1. The zero-order chi connectivity index (χ0) is 22.5. The van der Waals surface area contributed by atoms with Gasteiger partial charge in [0, 0.05) is 13.1 Å². The van der Waals surface area contributed by atoms with Gasteiger partial charge >= 0.3 is 5.69 Å². The molecule has 0 aliphatic heterocycles. The minimum Gasteiger partial charge on any atom is -0.383 e. The lowest BCUT2D eigenvalue weighted by Gasteiger charge is -2.25. The Morgan fingerprint density at radius 1 is 1.19 bits per heavy atom. The molecule has 7 nitrogen and oxygen atoms in total. The normalized spacial score (nSPS) is 13.3. The molecule has 1 heterocycles. The Balaban J connectivity index is 1.96. The lowest BCUT2D eigenvalue weighted by molar-refractivity contribution is -0.118. The van der Waals surface area contributed by atoms with Gasteiger partial charge in [0.15, 0.2) is 5.69 Å². The predicted octanol–water partition coefficient (Wildman–Crippen LogP) is 3.03. The molecule has 1 amide bonds. The van der Waals surface area contributed by atoms with E-state index in [-0.39, 0.29) is 29.8 Å². The maximum atomic E-state index is 13.3. The maximum Gasteiger partial charge on any atom is 0.330 e. The average Bonchev–Trinajstić information content (AvgIpc) is 2.73. The zero-order valence-corrected chi connectivity index (χ0v) is 18.9. The van der Waals surface area contributed by atoms with E-state index in [1.807, 2.05) is 26.8 Å². The van der Waals surface area contributed by atoms with Gasteiger partial charge in [0.05, 0.1) is 6.42 Å². The third kappa shape index (κ3) is 5.27. The van der Waals surface area contributed by atoms with Crippen molar-refractivity contribution in [3.8, 4) is 0 Å². The molecule has 168 valence electrons. The van der Waals surface area contributed by atoms with E-state index < -0.39 is 11.2 Å². The molecule has 0 spiro atoms. The number of H-pyrrole nitrogens is 1. The number of nitrogens with one attached hydrogen (secondary N) is 1. The van der Waals surface area contributed by atoms with Gasteiger partial charge in [-0.3, -0.25) is 19.1 Å². The number of anilines is 2. The van der Waals surface area contributed by atoms with Crippen LogP contribution in [0.3, 0.4) is 0 Å². The van der Waals surface area contributed by atoms with E-state index in [2.05, 4.69) is 17.1 Å². The van der Waals surface area contributed by atoms with E-state index >= 15 is 0 Å². The smallest absolute Gasteiger partial charge is 0.330 e. The van der Waals surface area contributed by atoms with Crippen molar-refractivity contribution in [2.24, 2.45) is 5.92 Å². The summed E-state index contributed by atoms with van der Waals surface area (Å²) in [6, 6.07) is 6.25. The molecule has 3 N–H and O–H groups in total. The van der Waals surface area contributed by atoms with Crippen molar-refractivity contribution in [3.05, 3.63) is 55.7 Å². The second-order valence-electron chi connectivity index (χ2n) is 8.88. The van der Waals surface area contributed by atoms with E-state index in [0.717, 1.165) is 31.2 Å². The molecular weight excluding hydrogens is 392 g/mol. The number of amides is 1. The van der Waals surface area contributed by atoms with Crippen LogP contribution in [0.1, 0.15) is 63.1 Å². The summed E-state index contributed by atoms with van der Waals surface area (Å²) >= 11 is 0. The molecule has 0 atom stereocenters. The Morgan fingerprint density at radius 3 is 2.58 bits per heavy atom. The van der Waals surface area contributed by atoms with Crippen molar-refractivity contribution >= 4 is 17.4 Å². The highest BCUT2D eigenvalue weighted by Crippen LogP contribution is 2.24. The van der Waals surface area contributed by atoms with Crippen LogP contribution in [0.4, 0.5) is 11.5 Å². The molecule has 0 bridgehead atoms. The highest BCUT2D eigenvalue weighted by molar-refractivity contribution is 5.96. The van der Waals surface area contributed by atoms with Gasteiger partial charge in [-0.05, 0) is 54.7 Å². The molecule has 0 saturated heterocycles. The SMILES string of the molecule is CCCCN(C(=O)Cc1ccc2c(c1)CCCC2)c1c(N)n(CC(C)C)c(=O)[nH]c1=O. The lowest BCUT2D eigenvalue weighted by Crippen LogP contribution is -2.42. The van der Waals surface area contributed by atoms with Crippen LogP contribution in [0.5, 0.6) is 0 Å². The third-order valence-corrected chi connectivity index (χ3v) is 5.84. The number of aryl methyl sites for hydroxylation is 2. The second-order valence-corrected chi connectivity index (χ2v) is 8.88. The minimum absolute atomic E-state index is 0.0531. The molecule has 0 saturated carbocycles. The molecule has 1 aliphatic carbocycles. The first-order chi connectivity index (χ1) is 14.8. The van der Waals surface area contributed by atoms with Crippen LogP contribution in [0, 0.1) is 5.92 Å². The number of aromatic amines is 1. The fraction of sp³-hybridized carbons (Fsp3) is 0.542. The number of nitrogen functional groups attached to an aromatic ring is 1. The first kappa shape index (κ1) is 22.8. The number of carbonyl (C=O) groups excluding carboxylic acids is 1. The second kappa shape index (κ2) is 9.98. The van der Waals surface area contributed by atoms with Crippen LogP contribution in [0.15, 0.2) is 27.8 Å². The summed E-state index contributed by atoms with van der Waals surface area (Å²) in [7, 11) is 0. The summed E-state index contributed by atoms with van der Waals surface area (Å²) in [5.74, 6) is 0.0301. The summed E-state index contributed by atoms with van der Waals surface area (Å²) < 4.78 is 1.35. The molecule has 3 rings (SSSR count). The highest BCUT2D eigenvalue weighted by Gasteiger charge is 2.24. The van der Waals surface area contributed by atoms with Gasteiger partial charge in [-0.25, -0.2) is 4.79 Å². The van der Waals surface area contributed by atoms with E-state index in [9.17, 15) is 14.4 Å². The summed E-state index contributed by atoms with van der Waals surface area (Å²) in [5, 5.41) is 0. The molecule has 1 aromatic carbocycles. The van der Waals surface area contributed by atoms with Crippen LogP contribution >= 0.6 is 0 Å². The largest absolute Gasteiger partial charge is 0.383 e. The summed E-state index contributed by atoms with van der Waals surface area (Å²) in [6.07, 6.45) is 6.32. The van der Waals surface area contributed by atoms with E-state index in [1.54, 1.807) is 0 Å². The number of aromatic nitrogens is 2.